The quantitative estimate of drug-likeness (QED) is 0.571. The van der Waals surface area contributed by atoms with Gasteiger partial charge in [-0.05, 0) is 44.9 Å². The first-order chi connectivity index (χ1) is 7.31. The highest BCUT2D eigenvalue weighted by molar-refractivity contribution is 5.26. The van der Waals surface area contributed by atoms with Gasteiger partial charge < -0.3 is 0 Å². The molecule has 0 spiro atoms. The zero-order valence-electron chi connectivity index (χ0n) is 9.95. The predicted molar refractivity (Wildman–Crippen MR) is 68.7 cm³/mol. The molecule has 1 fully saturated rings. The lowest BCUT2D eigenvalue weighted by Gasteiger charge is -2.05. The second-order valence-corrected chi connectivity index (χ2v) is 4.15. The van der Waals surface area contributed by atoms with Crippen molar-refractivity contribution in [1.29, 1.82) is 0 Å². The van der Waals surface area contributed by atoms with Crippen LogP contribution in [0.25, 0.3) is 0 Å². The largest absolute Gasteiger partial charge is 0.103 e. The molecule has 0 aromatic rings. The van der Waals surface area contributed by atoms with Crippen LogP contribution in [-0.2, 0) is 0 Å². The van der Waals surface area contributed by atoms with Gasteiger partial charge in [0, 0.05) is 0 Å². The Hall–Kier alpha value is -1.04. The van der Waals surface area contributed by atoms with Crippen molar-refractivity contribution < 1.29 is 0 Å². The average molecular weight is 202 g/mol. The van der Waals surface area contributed by atoms with E-state index in [1.165, 1.54) is 12.8 Å². The summed E-state index contributed by atoms with van der Waals surface area (Å²) in [6, 6.07) is 0. The number of fused-ring (bicyclic) bond motifs is 2. The molecule has 2 rings (SSSR count). The molecule has 0 heterocycles. The molecule has 2 bridgehead atoms. The Morgan fingerprint density at radius 2 is 2.20 bits per heavy atom. The lowest BCUT2D eigenvalue weighted by atomic mass is 10.0. The standard InChI is InChI=1S/C9H12.C6H10/c1-2-8-5-7-3-4-9(8)6-7;1-3-5-6-4-2/h2-4,7,9H,5-6H2,1H3;3-4,6H,1,5H2,2H3. The zero-order chi connectivity index (χ0) is 11.1. The van der Waals surface area contributed by atoms with E-state index < -0.39 is 0 Å². The molecule has 0 nitrogen and oxygen atoms in total. The lowest BCUT2D eigenvalue weighted by molar-refractivity contribution is 0.693. The molecular formula is C15H22. The van der Waals surface area contributed by atoms with Gasteiger partial charge >= 0.3 is 0 Å². The molecule has 1 saturated carbocycles. The van der Waals surface area contributed by atoms with Crippen LogP contribution >= 0.6 is 0 Å². The summed E-state index contributed by atoms with van der Waals surface area (Å²) in [6.45, 7) is 7.71. The van der Waals surface area contributed by atoms with Crippen LogP contribution in [0.3, 0.4) is 0 Å². The number of allylic oxidation sites excluding steroid dienone is 7. The van der Waals surface area contributed by atoms with Gasteiger partial charge in [-0.3, -0.25) is 0 Å². The molecule has 0 heteroatoms. The van der Waals surface area contributed by atoms with Crippen LogP contribution in [0.4, 0.5) is 0 Å². The Labute approximate surface area is 94.1 Å². The van der Waals surface area contributed by atoms with Gasteiger partial charge in [0.2, 0.25) is 0 Å². The van der Waals surface area contributed by atoms with Crippen LogP contribution in [0.15, 0.2) is 48.6 Å². The van der Waals surface area contributed by atoms with Crippen molar-refractivity contribution >= 4 is 0 Å². The molecule has 0 aromatic carbocycles. The predicted octanol–water partition coefficient (Wildman–Crippen LogP) is 4.67. The Morgan fingerprint density at radius 3 is 2.47 bits per heavy atom. The van der Waals surface area contributed by atoms with Crippen molar-refractivity contribution in [2.45, 2.75) is 33.1 Å². The van der Waals surface area contributed by atoms with Gasteiger partial charge in [-0.15, -0.1) is 6.58 Å². The van der Waals surface area contributed by atoms with Gasteiger partial charge in [-0.2, -0.15) is 0 Å². The van der Waals surface area contributed by atoms with E-state index in [9.17, 15) is 0 Å². The minimum absolute atomic E-state index is 0.833. The number of hydrogen-bond acceptors (Lipinski definition) is 0. The molecule has 2 atom stereocenters. The first-order valence-electron chi connectivity index (χ1n) is 5.87. The highest BCUT2D eigenvalue weighted by Crippen LogP contribution is 2.42. The van der Waals surface area contributed by atoms with Crippen LogP contribution < -0.4 is 0 Å². The van der Waals surface area contributed by atoms with Crippen molar-refractivity contribution in [2.75, 3.05) is 0 Å². The van der Waals surface area contributed by atoms with E-state index in [1.807, 2.05) is 19.1 Å². The molecule has 0 aliphatic heterocycles. The lowest BCUT2D eigenvalue weighted by Crippen LogP contribution is -1.90. The summed E-state index contributed by atoms with van der Waals surface area (Å²) in [6.07, 6.45) is 16.7. The van der Waals surface area contributed by atoms with Crippen LogP contribution in [0.5, 0.6) is 0 Å². The summed E-state index contributed by atoms with van der Waals surface area (Å²) in [5.74, 6) is 1.74. The maximum atomic E-state index is 3.55. The molecule has 0 radical (unpaired) electrons. The minimum atomic E-state index is 0.833. The Kier molecular flexibility index (Phi) is 5.17. The van der Waals surface area contributed by atoms with E-state index in [0.717, 1.165) is 18.3 Å². The van der Waals surface area contributed by atoms with Gasteiger partial charge in [0.15, 0.2) is 0 Å². The molecule has 0 amide bonds. The molecule has 0 N–H and O–H groups in total. The van der Waals surface area contributed by atoms with Gasteiger partial charge in [0.05, 0.1) is 0 Å². The summed E-state index contributed by atoms with van der Waals surface area (Å²) >= 11 is 0. The van der Waals surface area contributed by atoms with Crippen molar-refractivity contribution in [1.82, 2.24) is 0 Å². The normalized spacial score (nSPS) is 29.6. The highest BCUT2D eigenvalue weighted by atomic mass is 14.3. The van der Waals surface area contributed by atoms with E-state index in [4.69, 9.17) is 0 Å². The molecule has 15 heavy (non-hydrogen) atoms. The average Bonchev–Trinajstić information content (AvgIpc) is 2.88. The second kappa shape index (κ2) is 6.44. The first-order valence-corrected chi connectivity index (χ1v) is 5.87. The molecule has 2 aliphatic rings. The van der Waals surface area contributed by atoms with Crippen molar-refractivity contribution in [3.05, 3.63) is 48.6 Å². The maximum absolute atomic E-state index is 3.55. The van der Waals surface area contributed by atoms with Gasteiger partial charge in [-0.1, -0.05) is 42.0 Å². The van der Waals surface area contributed by atoms with Crippen LogP contribution in [-0.4, -0.2) is 0 Å². The second-order valence-electron chi connectivity index (χ2n) is 4.15. The third-order valence-corrected chi connectivity index (χ3v) is 3.06. The SMILES string of the molecule is C=CCC=CC.CC=C1CC2C=CC1C2. The van der Waals surface area contributed by atoms with Crippen molar-refractivity contribution in [3.63, 3.8) is 0 Å². The van der Waals surface area contributed by atoms with Crippen molar-refractivity contribution in [2.24, 2.45) is 11.8 Å². The van der Waals surface area contributed by atoms with Crippen LogP contribution in [0.1, 0.15) is 33.1 Å². The van der Waals surface area contributed by atoms with E-state index in [1.54, 1.807) is 5.57 Å². The highest BCUT2D eigenvalue weighted by Gasteiger charge is 2.29. The van der Waals surface area contributed by atoms with E-state index >= 15 is 0 Å². The third-order valence-electron chi connectivity index (χ3n) is 3.06. The molecule has 82 valence electrons. The topological polar surface area (TPSA) is 0 Å². The summed E-state index contributed by atoms with van der Waals surface area (Å²) in [4.78, 5) is 0. The van der Waals surface area contributed by atoms with Crippen LogP contribution in [0.2, 0.25) is 0 Å². The summed E-state index contributed by atoms with van der Waals surface area (Å²) in [5, 5.41) is 0. The summed E-state index contributed by atoms with van der Waals surface area (Å²) in [7, 11) is 0. The van der Waals surface area contributed by atoms with E-state index in [-0.39, 0.29) is 0 Å². The zero-order valence-corrected chi connectivity index (χ0v) is 9.95. The smallest absolute Gasteiger partial charge is 0.00174 e. The monoisotopic (exact) mass is 202 g/mol. The van der Waals surface area contributed by atoms with E-state index in [0.29, 0.717) is 0 Å². The Morgan fingerprint density at radius 1 is 1.40 bits per heavy atom. The molecule has 0 aromatic heterocycles. The molecule has 2 aliphatic carbocycles. The van der Waals surface area contributed by atoms with Gasteiger partial charge in [0.25, 0.3) is 0 Å². The number of hydrogen-bond donors (Lipinski definition) is 0. The summed E-state index contributed by atoms with van der Waals surface area (Å²) < 4.78 is 0. The minimum Gasteiger partial charge on any atom is -0.103 e. The fraction of sp³-hybridized carbons (Fsp3) is 0.467. The fourth-order valence-electron chi connectivity index (χ4n) is 2.22. The molecular weight excluding hydrogens is 180 g/mol. The van der Waals surface area contributed by atoms with E-state index in [2.05, 4.69) is 37.8 Å². The maximum Gasteiger partial charge on any atom is -0.00174 e. The van der Waals surface area contributed by atoms with Gasteiger partial charge in [0.1, 0.15) is 0 Å². The molecule has 0 saturated heterocycles. The molecule has 2 unspecified atom stereocenters. The van der Waals surface area contributed by atoms with Crippen LogP contribution in [0, 0.1) is 11.8 Å². The Bertz CT molecular complexity index is 278. The fourth-order valence-corrected chi connectivity index (χ4v) is 2.22. The first kappa shape index (κ1) is 12.0. The summed E-state index contributed by atoms with van der Waals surface area (Å²) in [5.41, 5.74) is 1.67. The Balaban J connectivity index is 0.000000167. The number of rotatable bonds is 2. The van der Waals surface area contributed by atoms with Gasteiger partial charge in [-0.25, -0.2) is 0 Å². The van der Waals surface area contributed by atoms with Crippen molar-refractivity contribution in [3.8, 4) is 0 Å². The third kappa shape index (κ3) is 3.54.